The van der Waals surface area contributed by atoms with Crippen molar-refractivity contribution in [2.45, 2.75) is 13.5 Å². The number of carbonyl (C=O) groups excluding carboxylic acids is 2. The molecule has 0 radical (unpaired) electrons. The minimum Gasteiger partial charge on any atom is -0.359 e. The van der Waals surface area contributed by atoms with E-state index < -0.39 is 5.91 Å². The first-order chi connectivity index (χ1) is 17.5. The van der Waals surface area contributed by atoms with Gasteiger partial charge >= 0.3 is 0 Å². The summed E-state index contributed by atoms with van der Waals surface area (Å²) in [6.45, 7) is 1.75. The van der Waals surface area contributed by atoms with Gasteiger partial charge in [-0.25, -0.2) is 10.8 Å². The number of hydrazine groups is 1. The number of halogens is 1. The highest BCUT2D eigenvalue weighted by Crippen LogP contribution is 2.29. The summed E-state index contributed by atoms with van der Waals surface area (Å²) in [5, 5.41) is 7.41. The number of hydrogen-bond acceptors (Lipinski definition) is 7. The second-order valence-electron chi connectivity index (χ2n) is 8.16. The highest BCUT2D eigenvalue weighted by atomic mass is 35.5. The van der Waals surface area contributed by atoms with E-state index in [1.807, 2.05) is 54.6 Å². The Labute approximate surface area is 218 Å². The molecule has 0 bridgehead atoms. The maximum atomic E-state index is 12.3. The SMILES string of the molecule is CC(=O)NCc1cc(-c2ccc(-c3ccc(-c4cc(C(=O)NN)c5cnccc5n4)cc3)cc2)no1.Cl. The minimum absolute atomic E-state index is 0. The quantitative estimate of drug-likeness (QED) is 0.175. The highest BCUT2D eigenvalue weighted by molar-refractivity contribution is 6.06. The monoisotopic (exact) mass is 514 g/mol. The van der Waals surface area contributed by atoms with E-state index in [1.54, 1.807) is 24.5 Å². The van der Waals surface area contributed by atoms with Crippen molar-refractivity contribution in [2.24, 2.45) is 5.84 Å². The number of nitrogens with two attached hydrogens (primary N) is 1. The molecular formula is C27H23ClN6O3. The zero-order valence-electron chi connectivity index (χ0n) is 19.8. The van der Waals surface area contributed by atoms with Gasteiger partial charge < -0.3 is 9.84 Å². The van der Waals surface area contributed by atoms with Crippen molar-refractivity contribution in [2.75, 3.05) is 0 Å². The molecule has 0 aliphatic carbocycles. The Morgan fingerprint density at radius 2 is 1.51 bits per heavy atom. The lowest BCUT2D eigenvalue weighted by Crippen LogP contribution is -2.30. The molecule has 0 fully saturated rings. The normalized spacial score (nSPS) is 10.5. The molecule has 3 aromatic heterocycles. The van der Waals surface area contributed by atoms with E-state index in [-0.39, 0.29) is 18.3 Å². The lowest BCUT2D eigenvalue weighted by molar-refractivity contribution is -0.119. The first-order valence-electron chi connectivity index (χ1n) is 11.2. The van der Waals surface area contributed by atoms with Crippen LogP contribution in [0.15, 0.2) is 83.6 Å². The Kier molecular flexibility index (Phi) is 7.57. The summed E-state index contributed by atoms with van der Waals surface area (Å²) >= 11 is 0. The Balaban J connectivity index is 0.00000320. The molecule has 0 saturated heterocycles. The average molecular weight is 515 g/mol. The van der Waals surface area contributed by atoms with E-state index in [4.69, 9.17) is 15.3 Å². The van der Waals surface area contributed by atoms with E-state index in [0.29, 0.717) is 40.2 Å². The third kappa shape index (κ3) is 5.48. The number of nitrogen functional groups attached to an aromatic ring is 1. The van der Waals surface area contributed by atoms with Crippen LogP contribution in [0.5, 0.6) is 0 Å². The number of nitrogens with zero attached hydrogens (tertiary/aromatic N) is 3. The van der Waals surface area contributed by atoms with E-state index in [1.165, 1.54) is 6.92 Å². The van der Waals surface area contributed by atoms with E-state index in [9.17, 15) is 9.59 Å². The van der Waals surface area contributed by atoms with Crippen molar-refractivity contribution in [3.63, 3.8) is 0 Å². The zero-order valence-corrected chi connectivity index (χ0v) is 20.6. The summed E-state index contributed by atoms with van der Waals surface area (Å²) in [7, 11) is 0. The molecule has 9 nitrogen and oxygen atoms in total. The first kappa shape index (κ1) is 25.5. The summed E-state index contributed by atoms with van der Waals surface area (Å²) < 4.78 is 5.29. The van der Waals surface area contributed by atoms with Crippen LogP contribution >= 0.6 is 12.4 Å². The van der Waals surface area contributed by atoms with E-state index in [0.717, 1.165) is 22.3 Å². The predicted molar refractivity (Wildman–Crippen MR) is 142 cm³/mol. The molecule has 2 amide bonds. The van der Waals surface area contributed by atoms with Gasteiger partial charge in [-0.15, -0.1) is 12.4 Å². The minimum atomic E-state index is -0.400. The molecule has 5 rings (SSSR count). The van der Waals surface area contributed by atoms with Gasteiger partial charge in [0.25, 0.3) is 5.91 Å². The Morgan fingerprint density at radius 1 is 0.892 bits per heavy atom. The molecule has 5 aromatic rings. The maximum absolute atomic E-state index is 12.3. The van der Waals surface area contributed by atoms with Gasteiger partial charge in [-0.2, -0.15) is 0 Å². The second kappa shape index (κ2) is 11.0. The number of pyridine rings is 2. The molecule has 0 spiro atoms. The number of carbonyl (C=O) groups is 2. The first-order valence-corrected chi connectivity index (χ1v) is 11.2. The number of nitrogens with one attached hydrogen (secondary N) is 2. The third-order valence-electron chi connectivity index (χ3n) is 5.75. The van der Waals surface area contributed by atoms with Gasteiger partial charge in [0.1, 0.15) is 5.69 Å². The van der Waals surface area contributed by atoms with Crippen molar-refractivity contribution in [1.82, 2.24) is 25.9 Å². The molecular weight excluding hydrogens is 492 g/mol. The lowest BCUT2D eigenvalue weighted by Gasteiger charge is -2.09. The molecule has 0 unspecified atom stereocenters. The molecule has 3 heterocycles. The largest absolute Gasteiger partial charge is 0.359 e. The molecule has 10 heteroatoms. The molecule has 2 aromatic carbocycles. The summed E-state index contributed by atoms with van der Waals surface area (Å²) in [6.07, 6.45) is 3.24. The highest BCUT2D eigenvalue weighted by Gasteiger charge is 2.14. The zero-order chi connectivity index (χ0) is 25.1. The van der Waals surface area contributed by atoms with Gasteiger partial charge in [-0.1, -0.05) is 53.7 Å². The Bertz CT molecular complexity index is 1570. The van der Waals surface area contributed by atoms with Gasteiger partial charge in [0.2, 0.25) is 5.91 Å². The van der Waals surface area contributed by atoms with Crippen LogP contribution in [0.3, 0.4) is 0 Å². The third-order valence-corrected chi connectivity index (χ3v) is 5.75. The van der Waals surface area contributed by atoms with Crippen LogP contribution in [-0.4, -0.2) is 26.9 Å². The van der Waals surface area contributed by atoms with Crippen LogP contribution < -0.4 is 16.6 Å². The van der Waals surface area contributed by atoms with E-state index >= 15 is 0 Å². The van der Waals surface area contributed by atoms with Crippen molar-refractivity contribution < 1.29 is 14.1 Å². The number of fused-ring (bicyclic) bond motifs is 1. The fraction of sp³-hybridized carbons (Fsp3) is 0.0741. The topological polar surface area (TPSA) is 136 Å². The lowest BCUT2D eigenvalue weighted by atomic mass is 9.99. The summed E-state index contributed by atoms with van der Waals surface area (Å²) in [6, 6.07) is 21.2. The molecule has 4 N–H and O–H groups in total. The van der Waals surface area contributed by atoms with Crippen LogP contribution in [0.25, 0.3) is 44.5 Å². The van der Waals surface area contributed by atoms with Crippen LogP contribution in [0.4, 0.5) is 0 Å². The van der Waals surface area contributed by atoms with Crippen LogP contribution in [-0.2, 0) is 11.3 Å². The predicted octanol–water partition coefficient (Wildman–Crippen LogP) is 4.28. The van der Waals surface area contributed by atoms with Gasteiger partial charge in [-0.3, -0.25) is 20.0 Å². The fourth-order valence-electron chi connectivity index (χ4n) is 3.89. The summed E-state index contributed by atoms with van der Waals surface area (Å²) in [5.74, 6) is 5.44. The molecule has 0 atom stereocenters. The number of amides is 2. The summed E-state index contributed by atoms with van der Waals surface area (Å²) in [5.41, 5.74) is 8.47. The molecule has 186 valence electrons. The number of benzene rings is 2. The molecule has 37 heavy (non-hydrogen) atoms. The van der Waals surface area contributed by atoms with Crippen LogP contribution in [0.2, 0.25) is 0 Å². The van der Waals surface area contributed by atoms with Crippen LogP contribution in [0.1, 0.15) is 23.0 Å². The van der Waals surface area contributed by atoms with E-state index in [2.05, 4.69) is 20.9 Å². The van der Waals surface area contributed by atoms with Gasteiger partial charge in [0.15, 0.2) is 5.76 Å². The maximum Gasteiger partial charge on any atom is 0.265 e. The van der Waals surface area contributed by atoms with Crippen LogP contribution in [0, 0.1) is 0 Å². The number of aromatic nitrogens is 3. The molecule has 0 aliphatic heterocycles. The van der Waals surface area contributed by atoms with Crippen molar-refractivity contribution in [1.29, 1.82) is 0 Å². The standard InChI is InChI=1S/C27H22N6O3.ClH/c1-16(34)30-14-21-12-26(33-36-21)20-8-4-18(5-9-20)17-2-6-19(7-3-17)25-13-22(27(35)32-28)23-15-29-11-10-24(23)31-25;/h2-13,15H,14,28H2,1H3,(H,30,34)(H,32,35);1H. The smallest absolute Gasteiger partial charge is 0.265 e. The van der Waals surface area contributed by atoms with Gasteiger partial charge in [0, 0.05) is 41.9 Å². The Hall–Kier alpha value is -4.60. The fourth-order valence-corrected chi connectivity index (χ4v) is 3.89. The van der Waals surface area contributed by atoms with Crippen molar-refractivity contribution in [3.8, 4) is 33.6 Å². The second-order valence-corrected chi connectivity index (χ2v) is 8.16. The molecule has 0 saturated carbocycles. The Morgan fingerprint density at radius 3 is 2.14 bits per heavy atom. The van der Waals surface area contributed by atoms with Gasteiger partial charge in [-0.05, 0) is 23.3 Å². The average Bonchev–Trinajstić information content (AvgIpc) is 3.40. The number of hydrogen-bond donors (Lipinski definition) is 3. The van der Waals surface area contributed by atoms with Crippen molar-refractivity contribution in [3.05, 3.63) is 90.4 Å². The molecule has 0 aliphatic rings. The van der Waals surface area contributed by atoms with Gasteiger partial charge in [0.05, 0.1) is 23.3 Å². The number of rotatable bonds is 6. The van der Waals surface area contributed by atoms with Crippen molar-refractivity contribution >= 4 is 35.1 Å². The summed E-state index contributed by atoms with van der Waals surface area (Å²) in [4.78, 5) is 32.2.